The van der Waals surface area contributed by atoms with Crippen LogP contribution in [0.5, 0.6) is 5.75 Å². The number of carbonyl (C=O) groups excluding carboxylic acids is 1. The number of anilines is 2. The van der Waals surface area contributed by atoms with Crippen LogP contribution in [0, 0.1) is 0 Å². The fourth-order valence-electron chi connectivity index (χ4n) is 3.07. The lowest BCUT2D eigenvalue weighted by atomic mass is 10.1. The average Bonchev–Trinajstić information content (AvgIpc) is 2.77. The number of pyridine rings is 1. The Bertz CT molecular complexity index is 911. The molecule has 0 saturated carbocycles. The fourth-order valence-corrected chi connectivity index (χ4v) is 3.07. The summed E-state index contributed by atoms with van der Waals surface area (Å²) in [5.74, 6) is 0.541. The lowest BCUT2D eigenvalue weighted by Crippen LogP contribution is -2.23. The lowest BCUT2D eigenvalue weighted by molar-refractivity contribution is 0.102. The standard InChI is InChI=1S/C24H27N3O2/c1-3-16-27(4-2)22-13-11-19(12-14-22)24(28)26-20-9-7-10-23(17-20)29-18-21-8-5-6-15-25-21/h5-15,17H,3-4,16,18H2,1-2H3,(H,26,28). The largest absolute Gasteiger partial charge is 0.487 e. The molecule has 0 spiro atoms. The Hall–Kier alpha value is -3.34. The third-order valence-electron chi connectivity index (χ3n) is 4.57. The number of rotatable bonds is 9. The summed E-state index contributed by atoms with van der Waals surface area (Å²) in [7, 11) is 0. The van der Waals surface area contributed by atoms with Crippen molar-refractivity contribution in [3.8, 4) is 5.75 Å². The summed E-state index contributed by atoms with van der Waals surface area (Å²) in [4.78, 5) is 19.1. The molecule has 0 atom stereocenters. The van der Waals surface area contributed by atoms with Crippen molar-refractivity contribution in [2.24, 2.45) is 0 Å². The fraction of sp³-hybridized carbons (Fsp3) is 0.250. The van der Waals surface area contributed by atoms with E-state index in [1.54, 1.807) is 6.20 Å². The minimum Gasteiger partial charge on any atom is -0.487 e. The van der Waals surface area contributed by atoms with Crippen LogP contribution < -0.4 is 15.0 Å². The Morgan fingerprint density at radius 3 is 2.55 bits per heavy atom. The molecule has 0 radical (unpaired) electrons. The monoisotopic (exact) mass is 389 g/mol. The first-order valence-corrected chi connectivity index (χ1v) is 9.98. The first-order chi connectivity index (χ1) is 14.2. The highest BCUT2D eigenvalue weighted by molar-refractivity contribution is 6.04. The van der Waals surface area contributed by atoms with Crippen LogP contribution in [0.15, 0.2) is 72.9 Å². The van der Waals surface area contributed by atoms with Gasteiger partial charge in [-0.3, -0.25) is 9.78 Å². The van der Waals surface area contributed by atoms with Crippen LogP contribution in [0.1, 0.15) is 36.3 Å². The molecule has 150 valence electrons. The van der Waals surface area contributed by atoms with E-state index in [-0.39, 0.29) is 5.91 Å². The number of amides is 1. The molecule has 0 unspecified atom stereocenters. The first kappa shape index (κ1) is 20.4. The molecule has 29 heavy (non-hydrogen) atoms. The Balaban J connectivity index is 1.61. The van der Waals surface area contributed by atoms with Gasteiger partial charge in [-0.05, 0) is 61.9 Å². The molecule has 0 fully saturated rings. The van der Waals surface area contributed by atoms with Gasteiger partial charge in [-0.15, -0.1) is 0 Å². The SMILES string of the molecule is CCCN(CC)c1ccc(C(=O)Nc2cccc(OCc3ccccn3)c2)cc1. The number of hydrogen-bond acceptors (Lipinski definition) is 4. The van der Waals surface area contributed by atoms with E-state index in [9.17, 15) is 4.79 Å². The van der Waals surface area contributed by atoms with Gasteiger partial charge in [0.15, 0.2) is 0 Å². The Labute approximate surface area is 172 Å². The summed E-state index contributed by atoms with van der Waals surface area (Å²) in [5.41, 5.74) is 3.31. The number of ether oxygens (including phenoxy) is 1. The quantitative estimate of drug-likeness (QED) is 0.550. The van der Waals surface area contributed by atoms with Crippen molar-refractivity contribution in [3.63, 3.8) is 0 Å². The maximum absolute atomic E-state index is 12.6. The van der Waals surface area contributed by atoms with Crippen LogP contribution in [0.4, 0.5) is 11.4 Å². The molecule has 3 aromatic rings. The highest BCUT2D eigenvalue weighted by atomic mass is 16.5. The van der Waals surface area contributed by atoms with Gasteiger partial charge in [0.05, 0.1) is 5.69 Å². The molecule has 0 aliphatic carbocycles. The number of aromatic nitrogens is 1. The van der Waals surface area contributed by atoms with Gasteiger partial charge in [-0.25, -0.2) is 0 Å². The van der Waals surface area contributed by atoms with Crippen molar-refractivity contribution >= 4 is 17.3 Å². The molecular formula is C24H27N3O2. The van der Waals surface area contributed by atoms with E-state index >= 15 is 0 Å². The van der Waals surface area contributed by atoms with Crippen molar-refractivity contribution < 1.29 is 9.53 Å². The van der Waals surface area contributed by atoms with Crippen LogP contribution in [-0.2, 0) is 6.61 Å². The highest BCUT2D eigenvalue weighted by Gasteiger charge is 2.09. The van der Waals surface area contributed by atoms with Crippen molar-refractivity contribution in [2.75, 3.05) is 23.3 Å². The van der Waals surface area contributed by atoms with Crippen LogP contribution in [0.25, 0.3) is 0 Å². The third-order valence-corrected chi connectivity index (χ3v) is 4.57. The van der Waals surface area contributed by atoms with Crippen molar-refractivity contribution in [1.82, 2.24) is 4.98 Å². The van der Waals surface area contributed by atoms with Crippen LogP contribution in [-0.4, -0.2) is 24.0 Å². The van der Waals surface area contributed by atoms with Gasteiger partial charge >= 0.3 is 0 Å². The molecule has 5 heteroatoms. The molecule has 1 N–H and O–H groups in total. The minimum absolute atomic E-state index is 0.142. The van der Waals surface area contributed by atoms with E-state index in [1.807, 2.05) is 66.7 Å². The van der Waals surface area contributed by atoms with Crippen LogP contribution in [0.3, 0.4) is 0 Å². The van der Waals surface area contributed by atoms with Gasteiger partial charge in [0.2, 0.25) is 0 Å². The second-order valence-electron chi connectivity index (χ2n) is 6.72. The predicted octanol–water partition coefficient (Wildman–Crippen LogP) is 5.15. The summed E-state index contributed by atoms with van der Waals surface area (Å²) >= 11 is 0. The summed E-state index contributed by atoms with van der Waals surface area (Å²) in [6, 6.07) is 20.8. The van der Waals surface area contributed by atoms with E-state index < -0.39 is 0 Å². The molecule has 0 aliphatic rings. The topological polar surface area (TPSA) is 54.5 Å². The summed E-state index contributed by atoms with van der Waals surface area (Å²) in [6.07, 6.45) is 2.83. The minimum atomic E-state index is -0.142. The second-order valence-corrected chi connectivity index (χ2v) is 6.72. The zero-order valence-electron chi connectivity index (χ0n) is 17.0. The highest BCUT2D eigenvalue weighted by Crippen LogP contribution is 2.20. The molecule has 1 heterocycles. The molecule has 0 saturated heterocycles. The number of nitrogens with zero attached hydrogens (tertiary/aromatic N) is 2. The Morgan fingerprint density at radius 2 is 1.86 bits per heavy atom. The number of nitrogens with one attached hydrogen (secondary N) is 1. The summed E-state index contributed by atoms with van der Waals surface area (Å²) < 4.78 is 5.78. The van der Waals surface area contributed by atoms with Crippen LogP contribution in [0.2, 0.25) is 0 Å². The molecule has 3 rings (SSSR count). The van der Waals surface area contributed by atoms with Gasteiger partial charge in [0.1, 0.15) is 12.4 Å². The lowest BCUT2D eigenvalue weighted by Gasteiger charge is -2.22. The smallest absolute Gasteiger partial charge is 0.255 e. The van der Waals surface area contributed by atoms with E-state index in [1.165, 1.54) is 0 Å². The second kappa shape index (κ2) is 10.3. The van der Waals surface area contributed by atoms with E-state index in [0.29, 0.717) is 23.6 Å². The van der Waals surface area contributed by atoms with Crippen molar-refractivity contribution in [2.45, 2.75) is 26.9 Å². The number of carbonyl (C=O) groups is 1. The van der Waals surface area contributed by atoms with Crippen molar-refractivity contribution in [1.29, 1.82) is 0 Å². The van der Waals surface area contributed by atoms with Gasteiger partial charge in [0.25, 0.3) is 5.91 Å². The van der Waals surface area contributed by atoms with E-state index in [0.717, 1.165) is 30.9 Å². The molecule has 2 aromatic carbocycles. The Morgan fingerprint density at radius 1 is 1.03 bits per heavy atom. The van der Waals surface area contributed by atoms with E-state index in [2.05, 4.69) is 29.0 Å². The van der Waals surface area contributed by atoms with Gasteiger partial charge in [-0.2, -0.15) is 0 Å². The van der Waals surface area contributed by atoms with Gasteiger partial charge in [-0.1, -0.05) is 19.1 Å². The molecule has 1 aromatic heterocycles. The molecule has 0 bridgehead atoms. The van der Waals surface area contributed by atoms with Crippen molar-refractivity contribution in [3.05, 3.63) is 84.2 Å². The molecule has 1 amide bonds. The van der Waals surface area contributed by atoms with Gasteiger partial charge in [0, 0.05) is 42.3 Å². The zero-order valence-corrected chi connectivity index (χ0v) is 17.0. The number of hydrogen-bond donors (Lipinski definition) is 1. The van der Waals surface area contributed by atoms with E-state index in [4.69, 9.17) is 4.74 Å². The molecule has 0 aliphatic heterocycles. The van der Waals surface area contributed by atoms with Crippen LogP contribution >= 0.6 is 0 Å². The normalized spacial score (nSPS) is 10.4. The first-order valence-electron chi connectivity index (χ1n) is 9.98. The number of benzene rings is 2. The predicted molar refractivity (Wildman–Crippen MR) is 118 cm³/mol. The average molecular weight is 389 g/mol. The van der Waals surface area contributed by atoms with Gasteiger partial charge < -0.3 is 15.0 Å². The molecule has 5 nitrogen and oxygen atoms in total. The summed E-state index contributed by atoms with van der Waals surface area (Å²) in [5, 5.41) is 2.94. The maximum Gasteiger partial charge on any atom is 0.255 e. The third kappa shape index (κ3) is 5.82. The Kier molecular flexibility index (Phi) is 7.22. The molecular weight excluding hydrogens is 362 g/mol. The zero-order chi connectivity index (χ0) is 20.5. The maximum atomic E-state index is 12.6. The summed E-state index contributed by atoms with van der Waals surface area (Å²) in [6.45, 7) is 6.64.